The Morgan fingerprint density at radius 2 is 2.21 bits per heavy atom. The normalized spacial score (nSPS) is 23.5. The van der Waals surface area contributed by atoms with E-state index < -0.39 is 15.6 Å². The van der Waals surface area contributed by atoms with Crippen molar-refractivity contribution in [1.29, 1.82) is 0 Å². The predicted molar refractivity (Wildman–Crippen MR) is 71.6 cm³/mol. The molecule has 1 saturated heterocycles. The summed E-state index contributed by atoms with van der Waals surface area (Å²) in [6, 6.07) is 4.39. The minimum atomic E-state index is -3.62. The molecule has 1 aromatic carbocycles. The van der Waals surface area contributed by atoms with E-state index in [2.05, 4.69) is 4.72 Å². The molecule has 3 N–H and O–H groups in total. The van der Waals surface area contributed by atoms with Gasteiger partial charge in [0.15, 0.2) is 0 Å². The minimum Gasteiger partial charge on any atom is -0.495 e. The maximum atomic E-state index is 12.3. The molecule has 0 aliphatic carbocycles. The fourth-order valence-electron chi connectivity index (χ4n) is 1.99. The third kappa shape index (κ3) is 2.99. The van der Waals surface area contributed by atoms with E-state index in [1.54, 1.807) is 0 Å². The van der Waals surface area contributed by atoms with Gasteiger partial charge in [-0.1, -0.05) is 0 Å². The molecule has 1 heterocycles. The number of ether oxygens (including phenoxy) is 2. The highest BCUT2D eigenvalue weighted by molar-refractivity contribution is 7.89. The van der Waals surface area contributed by atoms with Gasteiger partial charge in [0.25, 0.3) is 0 Å². The van der Waals surface area contributed by atoms with Gasteiger partial charge in [-0.15, -0.1) is 0 Å². The van der Waals surface area contributed by atoms with Crippen molar-refractivity contribution in [1.82, 2.24) is 4.72 Å². The minimum absolute atomic E-state index is 0.131. The van der Waals surface area contributed by atoms with Gasteiger partial charge in [0.2, 0.25) is 10.0 Å². The molecule has 1 aliphatic heterocycles. The second-order valence-electron chi connectivity index (χ2n) is 4.87. The number of rotatable bonds is 4. The van der Waals surface area contributed by atoms with Gasteiger partial charge in [-0.05, 0) is 25.5 Å². The van der Waals surface area contributed by atoms with E-state index in [0.717, 1.165) is 0 Å². The van der Waals surface area contributed by atoms with Crippen molar-refractivity contribution in [2.75, 3.05) is 26.1 Å². The zero-order valence-corrected chi connectivity index (χ0v) is 11.8. The number of hydrogen-bond donors (Lipinski definition) is 2. The lowest BCUT2D eigenvalue weighted by molar-refractivity contribution is 0.178. The number of methoxy groups -OCH3 is 1. The Kier molecular flexibility index (Phi) is 3.71. The Hall–Kier alpha value is -1.31. The molecule has 1 unspecified atom stereocenters. The molecule has 6 nitrogen and oxygen atoms in total. The van der Waals surface area contributed by atoms with Crippen LogP contribution in [0, 0.1) is 0 Å². The molecule has 0 radical (unpaired) electrons. The first kappa shape index (κ1) is 14.1. The summed E-state index contributed by atoms with van der Waals surface area (Å²) in [4.78, 5) is 0.131. The predicted octanol–water partition coefficient (Wildman–Crippen LogP) is 0.735. The molecule has 19 heavy (non-hydrogen) atoms. The van der Waals surface area contributed by atoms with E-state index in [1.165, 1.54) is 25.3 Å². The lowest BCUT2D eigenvalue weighted by Crippen LogP contribution is -2.46. The van der Waals surface area contributed by atoms with E-state index in [4.69, 9.17) is 15.2 Å². The summed E-state index contributed by atoms with van der Waals surface area (Å²) in [5.74, 6) is 0.343. The van der Waals surface area contributed by atoms with Gasteiger partial charge in [0.05, 0.1) is 29.8 Å². The van der Waals surface area contributed by atoms with Crippen molar-refractivity contribution in [3.63, 3.8) is 0 Å². The van der Waals surface area contributed by atoms with E-state index in [1.807, 2.05) is 6.92 Å². The smallest absolute Gasteiger partial charge is 0.241 e. The van der Waals surface area contributed by atoms with Crippen LogP contribution in [0.25, 0.3) is 0 Å². The first-order valence-corrected chi connectivity index (χ1v) is 7.40. The summed E-state index contributed by atoms with van der Waals surface area (Å²) < 4.78 is 37.6. The molecule has 0 bridgehead atoms. The first-order chi connectivity index (χ1) is 8.86. The second kappa shape index (κ2) is 4.99. The van der Waals surface area contributed by atoms with Crippen molar-refractivity contribution in [2.24, 2.45) is 0 Å². The fraction of sp³-hybridized carbons (Fsp3) is 0.500. The first-order valence-electron chi connectivity index (χ1n) is 5.92. The molecule has 2 rings (SSSR count). The summed E-state index contributed by atoms with van der Waals surface area (Å²) >= 11 is 0. The largest absolute Gasteiger partial charge is 0.495 e. The Morgan fingerprint density at radius 1 is 1.47 bits per heavy atom. The summed E-state index contributed by atoms with van der Waals surface area (Å²) in [7, 11) is -2.17. The van der Waals surface area contributed by atoms with Gasteiger partial charge in [0.1, 0.15) is 5.75 Å². The average molecular weight is 286 g/mol. The van der Waals surface area contributed by atoms with Crippen molar-refractivity contribution in [3.8, 4) is 5.75 Å². The Morgan fingerprint density at radius 3 is 2.79 bits per heavy atom. The van der Waals surface area contributed by atoms with Crippen LogP contribution in [0.1, 0.15) is 13.3 Å². The highest BCUT2D eigenvalue weighted by Gasteiger charge is 2.34. The number of nitrogen functional groups attached to an aromatic ring is 1. The third-order valence-electron chi connectivity index (χ3n) is 3.11. The molecule has 0 amide bonds. The summed E-state index contributed by atoms with van der Waals surface area (Å²) in [6.45, 7) is 2.76. The quantitative estimate of drug-likeness (QED) is 0.796. The summed E-state index contributed by atoms with van der Waals surface area (Å²) in [5, 5.41) is 0. The Labute approximate surface area is 112 Å². The van der Waals surface area contributed by atoms with Crippen LogP contribution in [-0.2, 0) is 14.8 Å². The van der Waals surface area contributed by atoms with Gasteiger partial charge >= 0.3 is 0 Å². The second-order valence-corrected chi connectivity index (χ2v) is 6.55. The van der Waals surface area contributed by atoms with Crippen LogP contribution >= 0.6 is 0 Å². The number of sulfonamides is 1. The molecule has 1 fully saturated rings. The molecule has 0 spiro atoms. The van der Waals surface area contributed by atoms with Crippen molar-refractivity contribution in [2.45, 2.75) is 23.8 Å². The van der Waals surface area contributed by atoms with E-state index >= 15 is 0 Å². The number of nitrogens with two attached hydrogens (primary N) is 1. The topological polar surface area (TPSA) is 90.7 Å². The van der Waals surface area contributed by atoms with E-state index in [-0.39, 0.29) is 4.90 Å². The maximum Gasteiger partial charge on any atom is 0.241 e. The zero-order chi connectivity index (χ0) is 14.1. The maximum absolute atomic E-state index is 12.3. The Bertz CT molecular complexity index is 565. The summed E-state index contributed by atoms with van der Waals surface area (Å²) in [5.41, 5.74) is 5.51. The zero-order valence-electron chi connectivity index (χ0n) is 11.0. The standard InChI is InChI=1S/C12H18N2O4S/c1-12(5-6-18-8-12)14-19(15,16)9-3-4-10(13)11(7-9)17-2/h3-4,7,14H,5-6,8,13H2,1-2H3. The molecule has 1 aromatic rings. The number of hydrogen-bond acceptors (Lipinski definition) is 5. The SMILES string of the molecule is COc1cc(S(=O)(=O)NC2(C)CCOC2)ccc1N. The van der Waals surface area contributed by atoms with Crippen molar-refractivity contribution < 1.29 is 17.9 Å². The molecular formula is C12H18N2O4S. The monoisotopic (exact) mass is 286 g/mol. The summed E-state index contributed by atoms with van der Waals surface area (Å²) in [6.07, 6.45) is 0.651. The van der Waals surface area contributed by atoms with Crippen LogP contribution < -0.4 is 15.2 Å². The molecule has 0 saturated carbocycles. The number of anilines is 1. The van der Waals surface area contributed by atoms with Gasteiger partial charge in [-0.25, -0.2) is 13.1 Å². The highest BCUT2D eigenvalue weighted by atomic mass is 32.2. The molecule has 106 valence electrons. The average Bonchev–Trinajstić information content (AvgIpc) is 2.75. The van der Waals surface area contributed by atoms with Crippen LogP contribution in [-0.4, -0.2) is 34.3 Å². The molecule has 0 aromatic heterocycles. The van der Waals surface area contributed by atoms with Crippen LogP contribution in [0.3, 0.4) is 0 Å². The van der Waals surface area contributed by atoms with E-state index in [9.17, 15) is 8.42 Å². The molecular weight excluding hydrogens is 268 g/mol. The van der Waals surface area contributed by atoms with Gasteiger partial charge in [-0.2, -0.15) is 0 Å². The van der Waals surface area contributed by atoms with Gasteiger partial charge in [0, 0.05) is 12.7 Å². The Balaban J connectivity index is 2.29. The molecule has 1 atom stereocenters. The van der Waals surface area contributed by atoms with Crippen LogP contribution in [0.5, 0.6) is 5.75 Å². The van der Waals surface area contributed by atoms with Crippen molar-refractivity contribution in [3.05, 3.63) is 18.2 Å². The van der Waals surface area contributed by atoms with Crippen LogP contribution in [0.2, 0.25) is 0 Å². The lowest BCUT2D eigenvalue weighted by Gasteiger charge is -2.23. The molecule has 1 aliphatic rings. The van der Waals surface area contributed by atoms with Crippen LogP contribution in [0.15, 0.2) is 23.1 Å². The van der Waals surface area contributed by atoms with Crippen molar-refractivity contribution >= 4 is 15.7 Å². The lowest BCUT2D eigenvalue weighted by atomic mass is 10.0. The third-order valence-corrected chi connectivity index (χ3v) is 4.75. The number of nitrogens with one attached hydrogen (secondary N) is 1. The highest BCUT2D eigenvalue weighted by Crippen LogP contribution is 2.26. The number of benzene rings is 1. The fourth-order valence-corrected chi connectivity index (χ4v) is 3.43. The van der Waals surface area contributed by atoms with Gasteiger partial charge < -0.3 is 15.2 Å². The molecule has 7 heteroatoms. The van der Waals surface area contributed by atoms with Crippen LogP contribution in [0.4, 0.5) is 5.69 Å². The van der Waals surface area contributed by atoms with Gasteiger partial charge in [-0.3, -0.25) is 0 Å². The van der Waals surface area contributed by atoms with E-state index in [0.29, 0.717) is 31.1 Å².